The van der Waals surface area contributed by atoms with Gasteiger partial charge in [-0.05, 0) is 93.5 Å². The lowest BCUT2D eigenvalue weighted by molar-refractivity contribution is 0.590. The maximum Gasteiger partial charge on any atom is 0.333 e. The molecule has 0 N–H and O–H groups in total. The van der Waals surface area contributed by atoms with Crippen LogP contribution in [0.1, 0.15) is 56.9 Å². The fourth-order valence-electron chi connectivity index (χ4n) is 8.96. The van der Waals surface area contributed by atoms with Crippen LogP contribution < -0.4 is 20.6 Å². The van der Waals surface area contributed by atoms with Gasteiger partial charge in [-0.15, -0.1) is 0 Å². The average Bonchev–Trinajstić information content (AvgIpc) is 3.46. The van der Waals surface area contributed by atoms with E-state index in [0.717, 1.165) is 16.6 Å². The minimum absolute atomic E-state index is 0.00790. The quantitative estimate of drug-likeness (QED) is 0.170. The largest absolute Gasteiger partial charge is 0.456 e. The predicted octanol–water partition coefficient (Wildman–Crippen LogP) is 10.5. The summed E-state index contributed by atoms with van der Waals surface area (Å²) in [7, 11) is 0. The summed E-state index contributed by atoms with van der Waals surface area (Å²) in [6.45, 7) is 13.9. The van der Waals surface area contributed by atoms with Crippen molar-refractivity contribution in [3.05, 3.63) is 138 Å². The first-order valence-electron chi connectivity index (χ1n) is 17.1. The van der Waals surface area contributed by atoms with E-state index >= 15 is 0 Å². The maximum absolute atomic E-state index is 6.52. The van der Waals surface area contributed by atoms with Gasteiger partial charge < -0.3 is 14.1 Å². The van der Waals surface area contributed by atoms with Crippen LogP contribution in [0.4, 0.5) is 28.4 Å². The summed E-state index contributed by atoms with van der Waals surface area (Å²) in [5, 5.41) is 2.34. The highest BCUT2D eigenvalue weighted by atomic mass is 16.3. The van der Waals surface area contributed by atoms with E-state index < -0.39 is 0 Å². The zero-order valence-electron chi connectivity index (χ0n) is 28.3. The molecule has 232 valence electrons. The summed E-state index contributed by atoms with van der Waals surface area (Å²) < 4.78 is 6.52. The smallest absolute Gasteiger partial charge is 0.333 e. The van der Waals surface area contributed by atoms with Gasteiger partial charge in [-0.3, -0.25) is 0 Å². The van der Waals surface area contributed by atoms with Gasteiger partial charge in [-0.25, -0.2) is 0 Å². The van der Waals surface area contributed by atoms with Gasteiger partial charge >= 0.3 is 6.85 Å². The summed E-state index contributed by atoms with van der Waals surface area (Å²) in [6, 6.07) is 43.1. The maximum atomic E-state index is 6.52. The molecule has 0 saturated carbocycles. The lowest BCUT2D eigenvalue weighted by Crippen LogP contribution is -2.62. The molecule has 0 atom stereocenters. The summed E-state index contributed by atoms with van der Waals surface area (Å²) in [4.78, 5) is 5.19. The lowest BCUT2D eigenvalue weighted by Gasteiger charge is -2.50. The van der Waals surface area contributed by atoms with E-state index in [1.54, 1.807) is 0 Å². The second kappa shape index (κ2) is 9.23. The molecule has 0 fully saturated rings. The van der Waals surface area contributed by atoms with Crippen molar-refractivity contribution in [2.75, 3.05) is 9.71 Å². The van der Waals surface area contributed by atoms with Crippen LogP contribution in [-0.2, 0) is 10.8 Å². The molecule has 0 aliphatic carbocycles. The van der Waals surface area contributed by atoms with E-state index in [1.807, 2.05) is 0 Å². The van der Waals surface area contributed by atoms with Crippen molar-refractivity contribution < 1.29 is 4.42 Å². The van der Waals surface area contributed by atoms with Crippen LogP contribution in [-0.4, -0.2) is 6.85 Å². The molecule has 6 aromatic carbocycles. The zero-order valence-corrected chi connectivity index (χ0v) is 28.3. The van der Waals surface area contributed by atoms with E-state index in [2.05, 4.69) is 167 Å². The fraction of sp³-hybridized carbons (Fsp3) is 0.182. The molecule has 0 saturated heterocycles. The molecule has 48 heavy (non-hydrogen) atoms. The van der Waals surface area contributed by atoms with E-state index in [4.69, 9.17) is 4.42 Å². The Labute approximate surface area is 282 Å². The third-order valence-electron chi connectivity index (χ3n) is 11.2. The van der Waals surface area contributed by atoms with Crippen molar-refractivity contribution >= 4 is 68.1 Å². The molecule has 0 amide bonds. The van der Waals surface area contributed by atoms with Crippen LogP contribution in [0.25, 0.3) is 33.1 Å². The van der Waals surface area contributed by atoms with Gasteiger partial charge in [0, 0.05) is 44.5 Å². The highest BCUT2D eigenvalue weighted by Crippen LogP contribution is 2.55. The minimum Gasteiger partial charge on any atom is -0.456 e. The van der Waals surface area contributed by atoms with Crippen LogP contribution in [0.15, 0.2) is 120 Å². The topological polar surface area (TPSA) is 19.6 Å². The molecule has 0 unspecified atom stereocenters. The molecule has 3 nitrogen and oxygen atoms in total. The first-order valence-corrected chi connectivity index (χ1v) is 17.1. The second-order valence-electron chi connectivity index (χ2n) is 15.5. The standard InChI is InChI=1S/C44H37BN2O/c1-26-24-30-39-35(22-23-38-40(39)29-12-7-10-17-37(29)48-38)47(28-20-18-27(19-21-28)43(2,3)4)45-33-15-11-14-32-42(33)46(36(25-26)41(30)45)34-16-9-8-13-31(34)44(32,5)6/h7-25H,1-6H3. The molecule has 3 aliphatic rings. The van der Waals surface area contributed by atoms with Crippen molar-refractivity contribution in [1.29, 1.82) is 0 Å². The number of fused-ring (bicyclic) bond motifs is 10. The number of furan rings is 1. The van der Waals surface area contributed by atoms with Gasteiger partial charge in [0.05, 0.1) is 5.69 Å². The molecular formula is C44H37BN2O. The summed E-state index contributed by atoms with van der Waals surface area (Å²) in [5.41, 5.74) is 18.6. The van der Waals surface area contributed by atoms with Crippen LogP contribution in [0, 0.1) is 6.92 Å². The van der Waals surface area contributed by atoms with Gasteiger partial charge in [0.15, 0.2) is 0 Å². The first kappa shape index (κ1) is 27.9. The summed E-state index contributed by atoms with van der Waals surface area (Å²) in [6.07, 6.45) is 0. The monoisotopic (exact) mass is 620 g/mol. The van der Waals surface area contributed by atoms with Gasteiger partial charge in [-0.1, -0.05) is 107 Å². The van der Waals surface area contributed by atoms with Crippen LogP contribution in [0.5, 0.6) is 0 Å². The van der Waals surface area contributed by atoms with Gasteiger partial charge in [0.25, 0.3) is 0 Å². The summed E-state index contributed by atoms with van der Waals surface area (Å²) >= 11 is 0. The Kier molecular flexibility index (Phi) is 5.36. The highest BCUT2D eigenvalue weighted by Gasteiger charge is 2.49. The number of rotatable bonds is 1. The van der Waals surface area contributed by atoms with E-state index in [1.165, 1.54) is 78.1 Å². The van der Waals surface area contributed by atoms with Crippen LogP contribution >= 0.6 is 0 Å². The second-order valence-corrected chi connectivity index (χ2v) is 15.5. The molecular weight excluding hydrogens is 583 g/mol. The first-order chi connectivity index (χ1) is 23.1. The number of benzene rings is 6. The normalized spacial score (nSPS) is 15.3. The minimum atomic E-state index is -0.143. The third-order valence-corrected chi connectivity index (χ3v) is 11.2. The number of nitrogens with zero attached hydrogens (tertiary/aromatic N) is 2. The Bertz CT molecular complexity index is 2500. The van der Waals surface area contributed by atoms with Gasteiger partial charge in [0.2, 0.25) is 0 Å². The zero-order chi connectivity index (χ0) is 32.7. The summed E-state index contributed by atoms with van der Waals surface area (Å²) in [5.74, 6) is 0. The number of anilines is 5. The Morgan fingerprint density at radius 3 is 2.25 bits per heavy atom. The Balaban J connectivity index is 1.37. The Morgan fingerprint density at radius 1 is 0.688 bits per heavy atom. The Hall–Kier alpha value is -5.22. The van der Waals surface area contributed by atoms with Crippen LogP contribution in [0.3, 0.4) is 0 Å². The predicted molar refractivity (Wildman–Crippen MR) is 203 cm³/mol. The van der Waals surface area contributed by atoms with Crippen molar-refractivity contribution in [2.24, 2.45) is 0 Å². The molecule has 10 rings (SSSR count). The molecule has 0 radical (unpaired) electrons. The molecule has 0 spiro atoms. The van der Waals surface area contributed by atoms with E-state index in [0.29, 0.717) is 0 Å². The number of para-hydroxylation sites is 3. The molecule has 4 heteroatoms. The van der Waals surface area contributed by atoms with Gasteiger partial charge in [-0.2, -0.15) is 0 Å². The molecule has 1 aromatic heterocycles. The van der Waals surface area contributed by atoms with E-state index in [9.17, 15) is 0 Å². The molecule has 7 aromatic rings. The number of hydrogen-bond acceptors (Lipinski definition) is 3. The third kappa shape index (κ3) is 3.50. The molecule has 0 bridgehead atoms. The Morgan fingerprint density at radius 2 is 1.44 bits per heavy atom. The van der Waals surface area contributed by atoms with E-state index in [-0.39, 0.29) is 17.7 Å². The average molecular weight is 621 g/mol. The number of aryl methyl sites for hydroxylation is 1. The van der Waals surface area contributed by atoms with Crippen molar-refractivity contribution in [3.8, 4) is 11.1 Å². The number of hydrogen-bond donors (Lipinski definition) is 0. The van der Waals surface area contributed by atoms with Crippen molar-refractivity contribution in [2.45, 2.75) is 52.4 Å². The highest BCUT2D eigenvalue weighted by molar-refractivity contribution is 6.93. The lowest BCUT2D eigenvalue weighted by atomic mass is 9.42. The van der Waals surface area contributed by atoms with Crippen LogP contribution in [0.2, 0.25) is 0 Å². The van der Waals surface area contributed by atoms with Crippen molar-refractivity contribution in [3.63, 3.8) is 0 Å². The molecule has 3 aliphatic heterocycles. The SMILES string of the molecule is Cc1cc2c3c(c1)N1c4ccccc4C(C)(C)c4cccc(c41)B3N(c1ccc(C(C)(C)C)cc1)c1ccc3oc4ccccc4c3c1-2. The fourth-order valence-corrected chi connectivity index (χ4v) is 8.96. The molecule has 4 heterocycles. The van der Waals surface area contributed by atoms with Gasteiger partial charge in [0.1, 0.15) is 11.2 Å². The van der Waals surface area contributed by atoms with Crippen molar-refractivity contribution in [1.82, 2.24) is 0 Å².